The average molecular weight is 411 g/mol. The molecule has 0 fully saturated rings. The van der Waals surface area contributed by atoms with Crippen LogP contribution in [-0.2, 0) is 29.7 Å². The van der Waals surface area contributed by atoms with Gasteiger partial charge in [-0.15, -0.1) is 0 Å². The first-order chi connectivity index (χ1) is 14.3. The number of nitrogens with one attached hydrogen (secondary N) is 1. The van der Waals surface area contributed by atoms with Crippen molar-refractivity contribution >= 4 is 28.4 Å². The van der Waals surface area contributed by atoms with E-state index in [4.69, 9.17) is 0 Å². The van der Waals surface area contributed by atoms with Crippen molar-refractivity contribution in [1.29, 1.82) is 0 Å². The third-order valence-electron chi connectivity index (χ3n) is 5.05. The largest absolute Gasteiger partial charge is 0.342 e. The van der Waals surface area contributed by atoms with Gasteiger partial charge in [0.05, 0.1) is 0 Å². The third kappa shape index (κ3) is 4.35. The van der Waals surface area contributed by atoms with E-state index in [1.165, 1.54) is 23.9 Å². The molecule has 0 bridgehead atoms. The molecule has 0 aliphatic heterocycles. The second-order valence-electron chi connectivity index (χ2n) is 6.95. The number of carbonyl (C=O) groups excluding carboxylic acids is 2. The minimum atomic E-state index is -0.553. The molecule has 0 saturated heterocycles. The lowest BCUT2D eigenvalue weighted by atomic mass is 10.2. The van der Waals surface area contributed by atoms with Crippen molar-refractivity contribution < 1.29 is 9.59 Å². The molecule has 0 aliphatic carbocycles. The number of likely N-dealkylation sites (N-methyl/N-ethyl adjacent to an activating group) is 1. The molecule has 0 saturated carbocycles. The monoisotopic (exact) mass is 411 g/mol. The van der Waals surface area contributed by atoms with Crippen LogP contribution in [0.2, 0.25) is 0 Å². The van der Waals surface area contributed by atoms with E-state index in [1.54, 1.807) is 11.0 Å². The number of rotatable bonds is 7. The highest BCUT2D eigenvalue weighted by atomic mass is 16.2. The fraction of sp³-hybridized carbons (Fsp3) is 0.333. The zero-order chi connectivity index (χ0) is 21.8. The molecule has 1 N–H and O–H groups in total. The van der Waals surface area contributed by atoms with E-state index in [2.05, 4.69) is 5.32 Å². The van der Waals surface area contributed by atoms with Gasteiger partial charge in [-0.25, -0.2) is 4.79 Å². The van der Waals surface area contributed by atoms with Gasteiger partial charge in [-0.2, -0.15) is 0 Å². The number of nitrogens with zero attached hydrogens (tertiary/aromatic N) is 4. The summed E-state index contributed by atoms with van der Waals surface area (Å²) in [6.07, 6.45) is 3.15. The van der Waals surface area contributed by atoms with E-state index in [0.29, 0.717) is 18.8 Å². The quantitative estimate of drug-likeness (QED) is 0.627. The number of hydrogen-bond donors (Lipinski definition) is 1. The Kier molecular flexibility index (Phi) is 6.20. The van der Waals surface area contributed by atoms with E-state index in [-0.39, 0.29) is 24.9 Å². The summed E-state index contributed by atoms with van der Waals surface area (Å²) in [5.74, 6) is -0.330. The molecule has 1 aromatic carbocycles. The van der Waals surface area contributed by atoms with Gasteiger partial charge in [0.2, 0.25) is 11.8 Å². The van der Waals surface area contributed by atoms with E-state index in [1.807, 2.05) is 42.8 Å². The zero-order valence-electron chi connectivity index (χ0n) is 17.3. The summed E-state index contributed by atoms with van der Waals surface area (Å²) in [6, 6.07) is 8.54. The van der Waals surface area contributed by atoms with Crippen LogP contribution in [0.4, 0.5) is 5.69 Å². The van der Waals surface area contributed by atoms with Gasteiger partial charge in [-0.05, 0) is 38.1 Å². The number of benzene rings is 1. The van der Waals surface area contributed by atoms with Crippen molar-refractivity contribution in [3.05, 3.63) is 63.6 Å². The molecule has 2 amide bonds. The zero-order valence-corrected chi connectivity index (χ0v) is 17.3. The molecule has 158 valence electrons. The normalized spacial score (nSPS) is 10.9. The highest BCUT2D eigenvalue weighted by Gasteiger charge is 2.13. The molecular formula is C21H25N5O4. The van der Waals surface area contributed by atoms with Crippen LogP contribution in [0.25, 0.3) is 10.9 Å². The van der Waals surface area contributed by atoms with Crippen LogP contribution >= 0.6 is 0 Å². The Bertz CT molecular complexity index is 1200. The number of aromatic nitrogens is 3. The van der Waals surface area contributed by atoms with Gasteiger partial charge in [0.1, 0.15) is 13.1 Å². The lowest BCUT2D eigenvalue weighted by Gasteiger charge is -2.19. The summed E-state index contributed by atoms with van der Waals surface area (Å²) >= 11 is 0. The summed E-state index contributed by atoms with van der Waals surface area (Å²) in [5.41, 5.74) is 0.495. The second-order valence-corrected chi connectivity index (χ2v) is 6.95. The van der Waals surface area contributed by atoms with Gasteiger partial charge in [-0.1, -0.05) is 0 Å². The summed E-state index contributed by atoms with van der Waals surface area (Å²) in [4.78, 5) is 50.0. The molecule has 3 aromatic rings. The molecule has 0 aliphatic rings. The van der Waals surface area contributed by atoms with Gasteiger partial charge in [0.15, 0.2) is 0 Å². The Morgan fingerprint density at radius 1 is 0.967 bits per heavy atom. The molecular weight excluding hydrogens is 386 g/mol. The summed E-state index contributed by atoms with van der Waals surface area (Å²) in [7, 11) is 1.36. The molecule has 9 nitrogen and oxygen atoms in total. The van der Waals surface area contributed by atoms with Crippen LogP contribution in [0.3, 0.4) is 0 Å². The molecule has 3 rings (SSSR count). The first-order valence-corrected chi connectivity index (χ1v) is 9.77. The SMILES string of the molecule is CCN(CC)C(=O)Cn1ccc2cc(NC(=O)Cn3ccc(=O)n(C)c3=O)ccc21. The van der Waals surface area contributed by atoms with Gasteiger partial charge in [0, 0.05) is 55.2 Å². The lowest BCUT2D eigenvalue weighted by Crippen LogP contribution is -2.38. The van der Waals surface area contributed by atoms with E-state index >= 15 is 0 Å². The minimum absolute atomic E-state index is 0.0533. The second kappa shape index (κ2) is 8.81. The van der Waals surface area contributed by atoms with Gasteiger partial charge in [-0.3, -0.25) is 23.5 Å². The van der Waals surface area contributed by atoms with Crippen molar-refractivity contribution in [2.45, 2.75) is 26.9 Å². The van der Waals surface area contributed by atoms with Crippen molar-refractivity contribution in [2.75, 3.05) is 18.4 Å². The smallest absolute Gasteiger partial charge is 0.331 e. The predicted molar refractivity (Wildman–Crippen MR) is 114 cm³/mol. The highest BCUT2D eigenvalue weighted by molar-refractivity contribution is 5.94. The van der Waals surface area contributed by atoms with Crippen LogP contribution < -0.4 is 16.6 Å². The van der Waals surface area contributed by atoms with Crippen LogP contribution in [0.5, 0.6) is 0 Å². The molecule has 0 unspecified atom stereocenters. The standard InChI is InChI=1S/C21H25N5O4/c1-4-24(5-2)20(29)14-25-10-8-15-12-16(6-7-17(15)25)22-18(27)13-26-11-9-19(28)23(3)21(26)30/h6-12H,4-5,13-14H2,1-3H3,(H,22,27). The first-order valence-electron chi connectivity index (χ1n) is 9.77. The van der Waals surface area contributed by atoms with Gasteiger partial charge < -0.3 is 14.8 Å². The fourth-order valence-electron chi connectivity index (χ4n) is 3.33. The number of carbonyl (C=O) groups is 2. The van der Waals surface area contributed by atoms with Crippen molar-refractivity contribution in [1.82, 2.24) is 18.6 Å². The Morgan fingerprint density at radius 3 is 2.37 bits per heavy atom. The van der Waals surface area contributed by atoms with Crippen molar-refractivity contribution in [3.8, 4) is 0 Å². The Hall–Kier alpha value is -3.62. The Balaban J connectivity index is 1.73. The Morgan fingerprint density at radius 2 is 1.67 bits per heavy atom. The molecule has 0 radical (unpaired) electrons. The maximum atomic E-state index is 12.4. The maximum Gasteiger partial charge on any atom is 0.331 e. The van der Waals surface area contributed by atoms with Crippen LogP contribution in [-0.4, -0.2) is 43.5 Å². The van der Waals surface area contributed by atoms with E-state index in [0.717, 1.165) is 15.5 Å². The number of hydrogen-bond acceptors (Lipinski definition) is 4. The molecule has 2 heterocycles. The van der Waals surface area contributed by atoms with Crippen molar-refractivity contribution in [2.24, 2.45) is 7.05 Å². The fourth-order valence-corrected chi connectivity index (χ4v) is 3.33. The lowest BCUT2D eigenvalue weighted by molar-refractivity contribution is -0.131. The summed E-state index contributed by atoms with van der Waals surface area (Å²) < 4.78 is 4.00. The molecule has 9 heteroatoms. The van der Waals surface area contributed by atoms with Crippen LogP contribution in [0.1, 0.15) is 13.8 Å². The minimum Gasteiger partial charge on any atom is -0.342 e. The van der Waals surface area contributed by atoms with E-state index < -0.39 is 11.2 Å². The molecule has 30 heavy (non-hydrogen) atoms. The molecule has 0 atom stereocenters. The van der Waals surface area contributed by atoms with Crippen LogP contribution in [0.15, 0.2) is 52.3 Å². The average Bonchev–Trinajstić information content (AvgIpc) is 3.11. The number of amides is 2. The van der Waals surface area contributed by atoms with Gasteiger partial charge in [0.25, 0.3) is 5.56 Å². The van der Waals surface area contributed by atoms with E-state index in [9.17, 15) is 19.2 Å². The Labute approximate surface area is 173 Å². The maximum absolute atomic E-state index is 12.4. The predicted octanol–water partition coefficient (Wildman–Crippen LogP) is 1.01. The molecule has 2 aromatic heterocycles. The topological polar surface area (TPSA) is 98.3 Å². The highest BCUT2D eigenvalue weighted by Crippen LogP contribution is 2.21. The third-order valence-corrected chi connectivity index (χ3v) is 5.05. The first kappa shape index (κ1) is 21.1. The van der Waals surface area contributed by atoms with Crippen LogP contribution in [0, 0.1) is 0 Å². The van der Waals surface area contributed by atoms with Crippen molar-refractivity contribution in [3.63, 3.8) is 0 Å². The molecule has 0 spiro atoms. The van der Waals surface area contributed by atoms with Gasteiger partial charge >= 0.3 is 5.69 Å². The number of fused-ring (bicyclic) bond motifs is 1. The summed E-state index contributed by atoms with van der Waals surface area (Å²) in [6.45, 7) is 5.30. The number of anilines is 1. The summed E-state index contributed by atoms with van der Waals surface area (Å²) in [5, 5.41) is 3.65.